The summed E-state index contributed by atoms with van der Waals surface area (Å²) in [5.41, 5.74) is 8.39. The van der Waals surface area contributed by atoms with Gasteiger partial charge < -0.3 is 11.1 Å². The Morgan fingerprint density at radius 3 is 2.04 bits per heavy atom. The van der Waals surface area contributed by atoms with Crippen LogP contribution in [-0.2, 0) is 0 Å². The van der Waals surface area contributed by atoms with E-state index in [0.29, 0.717) is 28.0 Å². The van der Waals surface area contributed by atoms with E-state index in [1.165, 1.54) is 6.20 Å². The number of aromatic nitrogens is 1. The Hall–Kier alpha value is -2.56. The average Bonchev–Trinajstić information content (AvgIpc) is 2.67. The van der Waals surface area contributed by atoms with Gasteiger partial charge in [-0.15, -0.1) is 0 Å². The van der Waals surface area contributed by atoms with Gasteiger partial charge >= 0.3 is 0 Å². The molecule has 0 aliphatic heterocycles. The molecule has 2 aromatic carbocycles. The van der Waals surface area contributed by atoms with Crippen LogP contribution in [0.5, 0.6) is 0 Å². The summed E-state index contributed by atoms with van der Waals surface area (Å²) in [7, 11) is 0. The summed E-state index contributed by atoms with van der Waals surface area (Å²) in [4.78, 5) is 16.2. The van der Waals surface area contributed by atoms with Crippen molar-refractivity contribution < 1.29 is 4.79 Å². The first-order chi connectivity index (χ1) is 13.0. The van der Waals surface area contributed by atoms with Gasteiger partial charge in [0.1, 0.15) is 5.82 Å². The monoisotopic (exact) mass is 399 g/mol. The number of carbonyl (C=O) groups is 1. The van der Waals surface area contributed by atoms with E-state index in [9.17, 15) is 4.79 Å². The molecule has 3 aromatic rings. The molecule has 0 aliphatic carbocycles. The minimum absolute atomic E-state index is 0.113. The maximum absolute atomic E-state index is 12.3. The lowest BCUT2D eigenvalue weighted by Crippen LogP contribution is -2.26. The SMILES string of the molecule is Nc1cc(C(=O)NCCC(c2ccc(Cl)cc2)c2ccc(Cl)cc2)ccn1. The van der Waals surface area contributed by atoms with E-state index in [0.717, 1.165) is 17.5 Å². The highest BCUT2D eigenvalue weighted by atomic mass is 35.5. The number of carbonyl (C=O) groups excluding carboxylic acids is 1. The topological polar surface area (TPSA) is 68.0 Å². The van der Waals surface area contributed by atoms with E-state index < -0.39 is 0 Å². The van der Waals surface area contributed by atoms with Crippen LogP contribution in [0.15, 0.2) is 66.9 Å². The molecule has 0 saturated heterocycles. The highest BCUT2D eigenvalue weighted by Crippen LogP contribution is 2.29. The molecule has 0 bridgehead atoms. The Labute approximate surface area is 168 Å². The number of benzene rings is 2. The summed E-state index contributed by atoms with van der Waals surface area (Å²) in [6, 6.07) is 18.7. The molecule has 0 radical (unpaired) electrons. The van der Waals surface area contributed by atoms with E-state index in [4.69, 9.17) is 28.9 Å². The van der Waals surface area contributed by atoms with Gasteiger partial charge in [-0.1, -0.05) is 47.5 Å². The molecule has 3 rings (SSSR count). The molecule has 0 atom stereocenters. The third-order valence-corrected chi connectivity index (χ3v) is 4.81. The smallest absolute Gasteiger partial charge is 0.251 e. The number of nitrogens with two attached hydrogens (primary N) is 1. The van der Waals surface area contributed by atoms with Crippen LogP contribution in [0.1, 0.15) is 33.8 Å². The fraction of sp³-hybridized carbons (Fsp3) is 0.143. The van der Waals surface area contributed by atoms with Crippen LogP contribution in [0, 0.1) is 0 Å². The summed E-state index contributed by atoms with van der Waals surface area (Å²) in [6.07, 6.45) is 2.25. The minimum Gasteiger partial charge on any atom is -0.384 e. The van der Waals surface area contributed by atoms with Gasteiger partial charge in [0, 0.05) is 34.3 Å². The Balaban J connectivity index is 1.72. The molecule has 138 valence electrons. The second-order valence-electron chi connectivity index (χ2n) is 6.17. The maximum atomic E-state index is 12.3. The average molecular weight is 400 g/mol. The second-order valence-corrected chi connectivity index (χ2v) is 7.04. The summed E-state index contributed by atoms with van der Waals surface area (Å²) in [5.74, 6) is 0.264. The molecule has 1 heterocycles. The van der Waals surface area contributed by atoms with Crippen LogP contribution >= 0.6 is 23.2 Å². The first-order valence-electron chi connectivity index (χ1n) is 8.53. The summed E-state index contributed by atoms with van der Waals surface area (Å²) in [5, 5.41) is 4.33. The van der Waals surface area contributed by atoms with E-state index in [2.05, 4.69) is 10.3 Å². The molecule has 4 nitrogen and oxygen atoms in total. The Bertz CT molecular complexity index is 866. The lowest BCUT2D eigenvalue weighted by atomic mass is 9.88. The third-order valence-electron chi connectivity index (χ3n) is 4.31. The molecule has 27 heavy (non-hydrogen) atoms. The van der Waals surface area contributed by atoms with Gasteiger partial charge in [-0.05, 0) is 53.9 Å². The van der Waals surface area contributed by atoms with Crippen LogP contribution < -0.4 is 11.1 Å². The largest absolute Gasteiger partial charge is 0.384 e. The van der Waals surface area contributed by atoms with Crippen LogP contribution in [0.3, 0.4) is 0 Å². The lowest BCUT2D eigenvalue weighted by molar-refractivity contribution is 0.0952. The Kier molecular flexibility index (Phi) is 6.32. The molecule has 0 unspecified atom stereocenters. The van der Waals surface area contributed by atoms with Gasteiger partial charge in [-0.25, -0.2) is 4.98 Å². The number of rotatable bonds is 6. The first-order valence-corrected chi connectivity index (χ1v) is 9.29. The predicted octanol–water partition coefficient (Wildman–Crippen LogP) is 4.92. The summed E-state index contributed by atoms with van der Waals surface area (Å²) >= 11 is 12.0. The van der Waals surface area contributed by atoms with Gasteiger partial charge in [0.25, 0.3) is 5.91 Å². The van der Waals surface area contributed by atoms with E-state index in [1.807, 2.05) is 48.5 Å². The Morgan fingerprint density at radius 1 is 0.963 bits per heavy atom. The van der Waals surface area contributed by atoms with Crippen molar-refractivity contribution in [1.82, 2.24) is 10.3 Å². The number of pyridine rings is 1. The van der Waals surface area contributed by atoms with Crippen molar-refractivity contribution >= 4 is 34.9 Å². The highest BCUT2D eigenvalue weighted by Gasteiger charge is 2.15. The molecule has 0 aliphatic rings. The molecule has 0 spiro atoms. The lowest BCUT2D eigenvalue weighted by Gasteiger charge is -2.19. The molecule has 6 heteroatoms. The molecule has 1 amide bonds. The fourth-order valence-corrected chi connectivity index (χ4v) is 3.19. The summed E-state index contributed by atoms with van der Waals surface area (Å²) < 4.78 is 0. The van der Waals surface area contributed by atoms with Crippen LogP contribution in [0.4, 0.5) is 5.82 Å². The van der Waals surface area contributed by atoms with Crippen molar-refractivity contribution in [3.05, 3.63) is 93.6 Å². The number of amides is 1. The van der Waals surface area contributed by atoms with Gasteiger partial charge in [-0.2, -0.15) is 0 Å². The van der Waals surface area contributed by atoms with Crippen molar-refractivity contribution in [2.45, 2.75) is 12.3 Å². The van der Waals surface area contributed by atoms with Crippen molar-refractivity contribution in [2.75, 3.05) is 12.3 Å². The van der Waals surface area contributed by atoms with Crippen molar-refractivity contribution in [3.63, 3.8) is 0 Å². The first kappa shape index (κ1) is 19.2. The zero-order valence-electron chi connectivity index (χ0n) is 14.5. The van der Waals surface area contributed by atoms with Gasteiger partial charge in [0.2, 0.25) is 0 Å². The molecular formula is C21H19Cl2N3O. The van der Waals surface area contributed by atoms with Crippen LogP contribution in [0.2, 0.25) is 10.0 Å². The zero-order valence-corrected chi connectivity index (χ0v) is 16.0. The Morgan fingerprint density at radius 2 is 1.52 bits per heavy atom. The number of hydrogen-bond acceptors (Lipinski definition) is 3. The van der Waals surface area contributed by atoms with E-state index in [1.54, 1.807) is 12.1 Å². The number of anilines is 1. The zero-order chi connectivity index (χ0) is 19.2. The molecule has 0 saturated carbocycles. The number of nitrogens with one attached hydrogen (secondary N) is 1. The molecular weight excluding hydrogens is 381 g/mol. The third kappa shape index (κ3) is 5.22. The predicted molar refractivity (Wildman–Crippen MR) is 110 cm³/mol. The van der Waals surface area contributed by atoms with Crippen LogP contribution in [0.25, 0.3) is 0 Å². The number of hydrogen-bond donors (Lipinski definition) is 2. The standard InChI is InChI=1S/C21H19Cl2N3O/c22-17-5-1-14(2-6-17)19(15-3-7-18(23)8-4-15)10-12-26-21(27)16-9-11-25-20(24)13-16/h1-9,11,13,19H,10,12H2,(H2,24,25)(H,26,27). The minimum atomic E-state index is -0.171. The van der Waals surface area contributed by atoms with Crippen molar-refractivity contribution in [3.8, 4) is 0 Å². The van der Waals surface area contributed by atoms with Crippen molar-refractivity contribution in [1.29, 1.82) is 0 Å². The van der Waals surface area contributed by atoms with Gasteiger partial charge in [0.15, 0.2) is 0 Å². The van der Waals surface area contributed by atoms with Crippen molar-refractivity contribution in [2.24, 2.45) is 0 Å². The van der Waals surface area contributed by atoms with E-state index >= 15 is 0 Å². The van der Waals surface area contributed by atoms with Gasteiger partial charge in [0.05, 0.1) is 0 Å². The number of nitrogen functional groups attached to an aromatic ring is 1. The second kappa shape index (κ2) is 8.89. The normalized spacial score (nSPS) is 10.8. The molecule has 0 fully saturated rings. The van der Waals surface area contributed by atoms with E-state index in [-0.39, 0.29) is 11.8 Å². The fourth-order valence-electron chi connectivity index (χ4n) is 2.94. The quantitative estimate of drug-likeness (QED) is 0.617. The maximum Gasteiger partial charge on any atom is 0.251 e. The van der Waals surface area contributed by atoms with Crippen LogP contribution in [-0.4, -0.2) is 17.4 Å². The van der Waals surface area contributed by atoms with Gasteiger partial charge in [-0.3, -0.25) is 4.79 Å². The number of nitrogens with zero attached hydrogens (tertiary/aromatic N) is 1. The molecule has 3 N–H and O–H groups in total. The molecule has 1 aromatic heterocycles. The highest BCUT2D eigenvalue weighted by molar-refractivity contribution is 6.30. The summed E-state index contributed by atoms with van der Waals surface area (Å²) in [6.45, 7) is 0.511. The number of halogens is 2.